The van der Waals surface area contributed by atoms with Crippen LogP contribution in [0.25, 0.3) is 16.9 Å². The number of hydrogen-bond acceptors (Lipinski definition) is 8. The Hall–Kier alpha value is -2.72. The molecule has 10 nitrogen and oxygen atoms in total. The summed E-state index contributed by atoms with van der Waals surface area (Å²) >= 11 is 0. The summed E-state index contributed by atoms with van der Waals surface area (Å²) in [7, 11) is 0. The number of ether oxygens (including phenoxy) is 2. The van der Waals surface area contributed by atoms with Crippen molar-refractivity contribution >= 4 is 17.3 Å². The van der Waals surface area contributed by atoms with Crippen LogP contribution in [-0.4, -0.2) is 74.3 Å². The van der Waals surface area contributed by atoms with Gasteiger partial charge in [-0.1, -0.05) is 0 Å². The highest BCUT2D eigenvalue weighted by molar-refractivity contribution is 5.86. The third kappa shape index (κ3) is 2.55. The molecule has 0 aromatic carbocycles. The van der Waals surface area contributed by atoms with Crippen LogP contribution in [0.1, 0.15) is 19.3 Å². The molecule has 3 aromatic rings. The maximum atomic E-state index is 5.80. The first kappa shape index (κ1) is 16.3. The maximum absolute atomic E-state index is 5.80. The molecule has 0 aliphatic carbocycles. The fourth-order valence-corrected chi connectivity index (χ4v) is 4.40. The number of hydrogen-bond donors (Lipinski definition) is 2. The molecule has 0 spiro atoms. The Morgan fingerprint density at radius 1 is 1.18 bits per heavy atom. The van der Waals surface area contributed by atoms with Gasteiger partial charge >= 0.3 is 0 Å². The zero-order chi connectivity index (χ0) is 18.5. The second-order valence-corrected chi connectivity index (χ2v) is 7.58. The quantitative estimate of drug-likeness (QED) is 0.691. The van der Waals surface area contributed by atoms with Gasteiger partial charge in [-0.25, -0.2) is 4.98 Å². The molecule has 2 N–H and O–H groups in total. The molecule has 6 rings (SSSR count). The Morgan fingerprint density at radius 2 is 2.11 bits per heavy atom. The standard InChI is InChI=1S/C18H22N8O2/c1-4-27-5-2-12(1)22-18-23-17-16(25-9-14-13(25)3-6-28-14)15(11-7-20-21-8-11)19-10-26(17)24-18/h7-8,10,12-14H,1-6,9H2,(H,20,21)(H,22,24). The second-order valence-electron chi connectivity index (χ2n) is 7.58. The lowest BCUT2D eigenvalue weighted by Gasteiger charge is -2.45. The number of nitrogens with one attached hydrogen (secondary N) is 2. The van der Waals surface area contributed by atoms with Gasteiger partial charge in [0.25, 0.3) is 0 Å². The van der Waals surface area contributed by atoms with Crippen LogP contribution in [-0.2, 0) is 9.47 Å². The molecule has 3 aliphatic heterocycles. The molecule has 146 valence electrons. The predicted octanol–water partition coefficient (Wildman–Crippen LogP) is 1.08. The minimum atomic E-state index is 0.306. The molecule has 2 atom stereocenters. The molecule has 3 aromatic heterocycles. The average molecular weight is 382 g/mol. The van der Waals surface area contributed by atoms with Crippen LogP contribution in [0, 0.1) is 0 Å². The van der Waals surface area contributed by atoms with E-state index in [1.54, 1.807) is 17.0 Å². The largest absolute Gasteiger partial charge is 0.381 e. The van der Waals surface area contributed by atoms with Gasteiger partial charge in [-0.3, -0.25) is 5.10 Å². The first-order valence-corrected chi connectivity index (χ1v) is 9.84. The summed E-state index contributed by atoms with van der Waals surface area (Å²) in [5, 5.41) is 15.1. The fourth-order valence-electron chi connectivity index (χ4n) is 4.40. The zero-order valence-electron chi connectivity index (χ0n) is 15.4. The second kappa shape index (κ2) is 6.42. The molecular formula is C18H22N8O2. The van der Waals surface area contributed by atoms with Crippen molar-refractivity contribution in [2.45, 2.75) is 37.5 Å². The van der Waals surface area contributed by atoms with Crippen molar-refractivity contribution < 1.29 is 9.47 Å². The molecule has 3 aliphatic rings. The van der Waals surface area contributed by atoms with E-state index in [-0.39, 0.29) is 0 Å². The van der Waals surface area contributed by atoms with E-state index in [1.807, 2.05) is 6.20 Å². The third-order valence-corrected chi connectivity index (χ3v) is 5.93. The molecule has 28 heavy (non-hydrogen) atoms. The van der Waals surface area contributed by atoms with Crippen LogP contribution in [0.5, 0.6) is 0 Å². The van der Waals surface area contributed by atoms with Gasteiger partial charge < -0.3 is 19.7 Å². The van der Waals surface area contributed by atoms with Crippen molar-refractivity contribution in [2.24, 2.45) is 0 Å². The minimum absolute atomic E-state index is 0.306. The van der Waals surface area contributed by atoms with E-state index in [4.69, 9.17) is 19.4 Å². The van der Waals surface area contributed by atoms with E-state index >= 15 is 0 Å². The number of nitrogens with zero attached hydrogens (tertiary/aromatic N) is 6. The van der Waals surface area contributed by atoms with Crippen molar-refractivity contribution in [1.82, 2.24) is 29.8 Å². The summed E-state index contributed by atoms with van der Waals surface area (Å²) in [5.41, 5.74) is 3.63. The SMILES string of the molecule is c1n[nH]cc1-c1ncn2nc(NC3CCOCC3)nc2c1N1CC2OCCC21. The molecule has 0 amide bonds. The van der Waals surface area contributed by atoms with Gasteiger partial charge in [-0.15, -0.1) is 5.10 Å². The van der Waals surface area contributed by atoms with E-state index in [0.717, 1.165) is 68.2 Å². The van der Waals surface area contributed by atoms with E-state index < -0.39 is 0 Å². The van der Waals surface area contributed by atoms with Gasteiger partial charge in [-0.2, -0.15) is 14.6 Å². The molecule has 0 saturated carbocycles. The number of anilines is 2. The fraction of sp³-hybridized carbons (Fsp3) is 0.556. The number of aromatic amines is 1. The van der Waals surface area contributed by atoms with Gasteiger partial charge in [0.1, 0.15) is 17.7 Å². The van der Waals surface area contributed by atoms with Crippen LogP contribution in [0.15, 0.2) is 18.7 Å². The van der Waals surface area contributed by atoms with Crippen LogP contribution in [0.3, 0.4) is 0 Å². The van der Waals surface area contributed by atoms with Crippen molar-refractivity contribution in [3.05, 3.63) is 18.7 Å². The first-order chi connectivity index (χ1) is 13.9. The summed E-state index contributed by atoms with van der Waals surface area (Å²) in [6.07, 6.45) is 8.65. The van der Waals surface area contributed by atoms with Crippen molar-refractivity contribution in [1.29, 1.82) is 0 Å². The van der Waals surface area contributed by atoms with Crippen LogP contribution in [0.4, 0.5) is 11.6 Å². The molecule has 10 heteroatoms. The van der Waals surface area contributed by atoms with Crippen LogP contribution < -0.4 is 10.2 Å². The molecule has 2 unspecified atom stereocenters. The van der Waals surface area contributed by atoms with Gasteiger partial charge in [0.2, 0.25) is 5.95 Å². The molecular weight excluding hydrogens is 360 g/mol. The molecule has 3 saturated heterocycles. The average Bonchev–Trinajstić information content (AvgIpc) is 3.43. The Balaban J connectivity index is 1.42. The zero-order valence-corrected chi connectivity index (χ0v) is 15.4. The topological polar surface area (TPSA) is 105 Å². The Labute approximate surface area is 161 Å². The highest BCUT2D eigenvalue weighted by atomic mass is 16.5. The lowest BCUT2D eigenvalue weighted by molar-refractivity contribution is 0.0771. The van der Waals surface area contributed by atoms with Gasteiger partial charge in [-0.05, 0) is 19.3 Å². The first-order valence-electron chi connectivity index (χ1n) is 9.84. The monoisotopic (exact) mass is 382 g/mol. The Kier molecular flexibility index (Phi) is 3.73. The van der Waals surface area contributed by atoms with Crippen molar-refractivity contribution in [3.63, 3.8) is 0 Å². The lowest BCUT2D eigenvalue weighted by atomic mass is 9.97. The maximum Gasteiger partial charge on any atom is 0.243 e. The van der Waals surface area contributed by atoms with Gasteiger partial charge in [0, 0.05) is 44.2 Å². The normalized spacial score (nSPS) is 25.1. The highest BCUT2D eigenvalue weighted by Gasteiger charge is 2.45. The smallest absolute Gasteiger partial charge is 0.243 e. The van der Waals surface area contributed by atoms with E-state index in [1.165, 1.54) is 0 Å². The third-order valence-electron chi connectivity index (χ3n) is 5.93. The summed E-state index contributed by atoms with van der Waals surface area (Å²) in [6.45, 7) is 3.22. The van der Waals surface area contributed by atoms with Crippen molar-refractivity contribution in [3.8, 4) is 11.3 Å². The number of H-pyrrole nitrogens is 1. The Bertz CT molecular complexity index is 981. The number of aromatic nitrogens is 6. The van der Waals surface area contributed by atoms with Gasteiger partial charge in [0.05, 0.1) is 18.3 Å². The number of fused-ring (bicyclic) bond motifs is 2. The summed E-state index contributed by atoms with van der Waals surface area (Å²) in [5.74, 6) is 0.638. The summed E-state index contributed by atoms with van der Waals surface area (Å²) in [4.78, 5) is 11.9. The van der Waals surface area contributed by atoms with Crippen LogP contribution in [0.2, 0.25) is 0 Å². The molecule has 6 heterocycles. The summed E-state index contributed by atoms with van der Waals surface area (Å²) < 4.78 is 13.0. The molecule has 0 bridgehead atoms. The van der Waals surface area contributed by atoms with E-state index in [9.17, 15) is 0 Å². The van der Waals surface area contributed by atoms with E-state index in [0.29, 0.717) is 24.1 Å². The lowest BCUT2D eigenvalue weighted by Crippen LogP contribution is -2.58. The van der Waals surface area contributed by atoms with E-state index in [2.05, 4.69) is 25.5 Å². The van der Waals surface area contributed by atoms with Crippen LogP contribution >= 0.6 is 0 Å². The van der Waals surface area contributed by atoms with Gasteiger partial charge in [0.15, 0.2) is 5.65 Å². The van der Waals surface area contributed by atoms with Crippen molar-refractivity contribution in [2.75, 3.05) is 36.6 Å². The minimum Gasteiger partial charge on any atom is -0.381 e. The predicted molar refractivity (Wildman–Crippen MR) is 101 cm³/mol. The Morgan fingerprint density at radius 3 is 2.93 bits per heavy atom. The molecule has 3 fully saturated rings. The number of rotatable bonds is 4. The molecule has 0 radical (unpaired) electrons. The summed E-state index contributed by atoms with van der Waals surface area (Å²) in [6, 6.07) is 0.717. The highest BCUT2D eigenvalue weighted by Crippen LogP contribution is 2.41.